The van der Waals surface area contributed by atoms with Crippen LogP contribution in [0, 0.1) is 0 Å². The van der Waals surface area contributed by atoms with E-state index in [2.05, 4.69) is 34.9 Å². The Morgan fingerprint density at radius 3 is 2.70 bits per heavy atom. The van der Waals surface area contributed by atoms with Crippen LogP contribution in [0.4, 0.5) is 5.82 Å². The van der Waals surface area contributed by atoms with Gasteiger partial charge in [-0.1, -0.05) is 10.3 Å². The molecule has 0 saturated carbocycles. The normalized spacial score (nSPS) is 14.6. The molecule has 0 spiro atoms. The molecule has 124 valence electrons. The number of hydrogen-bond donors (Lipinski definition) is 2. The molecule has 2 aromatic rings. The molecular formula is C12H17N7O4. The third kappa shape index (κ3) is 3.90. The Bertz CT molecular complexity index is 687. The van der Waals surface area contributed by atoms with Gasteiger partial charge in [-0.3, -0.25) is 4.57 Å². The van der Waals surface area contributed by atoms with E-state index in [9.17, 15) is 5.11 Å². The molecule has 11 heteroatoms. The highest BCUT2D eigenvalue weighted by atomic mass is 16.6. The van der Waals surface area contributed by atoms with Crippen molar-refractivity contribution in [1.29, 1.82) is 0 Å². The lowest BCUT2D eigenvalue weighted by Crippen LogP contribution is -2.26. The van der Waals surface area contributed by atoms with Crippen molar-refractivity contribution in [2.24, 2.45) is 10.3 Å². The number of rotatable bonds is 8. The number of aromatic nitrogens is 4. The number of nitrogen functional groups attached to an aromatic ring is 1. The van der Waals surface area contributed by atoms with Gasteiger partial charge in [-0.05, 0) is 0 Å². The van der Waals surface area contributed by atoms with Gasteiger partial charge in [0.1, 0.15) is 32.2 Å². The molecule has 2 aromatic heterocycles. The number of hydrogen-bond acceptors (Lipinski definition) is 10. The van der Waals surface area contributed by atoms with E-state index in [1.807, 2.05) is 0 Å². The Labute approximate surface area is 131 Å². The van der Waals surface area contributed by atoms with Crippen LogP contribution in [0.2, 0.25) is 0 Å². The van der Waals surface area contributed by atoms with E-state index in [-0.39, 0.29) is 12.4 Å². The largest absolute Gasteiger partial charge is 0.399 e. The molecule has 23 heavy (non-hydrogen) atoms. The summed E-state index contributed by atoms with van der Waals surface area (Å²) in [5.74, 6) is 0.246. The summed E-state index contributed by atoms with van der Waals surface area (Å²) in [6.07, 6.45) is 3.98. The summed E-state index contributed by atoms with van der Waals surface area (Å²) < 4.78 is 7.28. The highest BCUT2D eigenvalue weighted by molar-refractivity contribution is 5.82. The first-order chi connectivity index (χ1) is 11.2. The van der Waals surface area contributed by atoms with Gasteiger partial charge >= 0.3 is 0 Å². The second kappa shape index (κ2) is 8.00. The molecule has 0 radical (unpaired) electrons. The Kier molecular flexibility index (Phi) is 5.77. The van der Waals surface area contributed by atoms with Crippen LogP contribution in [0.5, 0.6) is 0 Å². The molecule has 0 bridgehead atoms. The van der Waals surface area contributed by atoms with Crippen LogP contribution in [0.3, 0.4) is 0 Å². The van der Waals surface area contributed by atoms with Crippen LogP contribution < -0.4 is 5.73 Å². The van der Waals surface area contributed by atoms with Crippen molar-refractivity contribution in [2.45, 2.75) is 12.3 Å². The molecule has 0 saturated heterocycles. The van der Waals surface area contributed by atoms with Crippen molar-refractivity contribution in [3.8, 4) is 0 Å². The average molecular weight is 323 g/mol. The van der Waals surface area contributed by atoms with Crippen LogP contribution in [0.25, 0.3) is 11.2 Å². The van der Waals surface area contributed by atoms with Crippen LogP contribution in [-0.4, -0.2) is 64.0 Å². The van der Waals surface area contributed by atoms with Crippen molar-refractivity contribution in [3.05, 3.63) is 12.7 Å². The number of aliphatic hydroxyl groups is 1. The molecule has 11 nitrogen and oxygen atoms in total. The minimum atomic E-state index is -0.769. The van der Waals surface area contributed by atoms with E-state index in [1.54, 1.807) is 4.57 Å². The summed E-state index contributed by atoms with van der Waals surface area (Å²) in [4.78, 5) is 21.4. The lowest BCUT2D eigenvalue weighted by atomic mass is 10.4. The van der Waals surface area contributed by atoms with E-state index in [1.165, 1.54) is 39.3 Å². The number of oxime groups is 2. The first-order valence-electron chi connectivity index (χ1n) is 6.53. The average Bonchev–Trinajstić information content (AvgIpc) is 3.00. The monoisotopic (exact) mass is 323 g/mol. The Morgan fingerprint density at radius 1 is 1.26 bits per heavy atom. The van der Waals surface area contributed by atoms with E-state index in [4.69, 9.17) is 10.5 Å². The Hall–Kier alpha value is -2.79. The molecular weight excluding hydrogens is 306 g/mol. The highest BCUT2D eigenvalue weighted by Gasteiger charge is 2.19. The van der Waals surface area contributed by atoms with Crippen LogP contribution in [-0.2, 0) is 14.4 Å². The van der Waals surface area contributed by atoms with Gasteiger partial charge in [-0.2, -0.15) is 0 Å². The van der Waals surface area contributed by atoms with E-state index in [0.717, 1.165) is 0 Å². The number of aliphatic hydroxyl groups excluding tert-OH is 1. The third-order valence-corrected chi connectivity index (χ3v) is 2.78. The van der Waals surface area contributed by atoms with E-state index < -0.39 is 12.3 Å². The van der Waals surface area contributed by atoms with Gasteiger partial charge in [0.05, 0.1) is 25.4 Å². The van der Waals surface area contributed by atoms with Crippen molar-refractivity contribution >= 4 is 29.4 Å². The van der Waals surface area contributed by atoms with Crippen LogP contribution >= 0.6 is 0 Å². The maximum atomic E-state index is 9.36. The third-order valence-electron chi connectivity index (χ3n) is 2.78. The topological polar surface area (TPSA) is 142 Å². The van der Waals surface area contributed by atoms with Gasteiger partial charge in [0.2, 0.25) is 0 Å². The van der Waals surface area contributed by atoms with Gasteiger partial charge in [0.25, 0.3) is 0 Å². The summed E-state index contributed by atoms with van der Waals surface area (Å²) in [5.41, 5.74) is 6.64. The van der Waals surface area contributed by atoms with E-state index >= 15 is 0 Å². The van der Waals surface area contributed by atoms with Gasteiger partial charge in [0.15, 0.2) is 17.7 Å². The van der Waals surface area contributed by atoms with Crippen LogP contribution in [0.1, 0.15) is 6.23 Å². The maximum Gasteiger partial charge on any atom is 0.177 e. The fraction of sp³-hybridized carbons (Fsp3) is 0.417. The number of nitrogens with two attached hydrogens (primary N) is 1. The number of imidazole rings is 1. The molecule has 0 amide bonds. The standard InChI is InChI=1S/C12H17N7O4/c1-21-17-3-8(5-20)23-9(4-18-22-2)19-7-16-10-11(13)14-6-15-12(10)19/h3-4,6-9,20H,5H2,1-2H3,(H2,13,14,15)/b17-3+,18-4+. The summed E-state index contributed by atoms with van der Waals surface area (Å²) >= 11 is 0. The van der Waals surface area contributed by atoms with Crippen molar-refractivity contribution in [3.63, 3.8) is 0 Å². The lowest BCUT2D eigenvalue weighted by molar-refractivity contribution is -0.00161. The molecule has 0 fully saturated rings. The Balaban J connectivity index is 2.35. The van der Waals surface area contributed by atoms with Gasteiger partial charge in [0, 0.05) is 0 Å². The number of ether oxygens (including phenoxy) is 1. The quantitative estimate of drug-likeness (QED) is 0.491. The molecule has 2 heterocycles. The summed E-state index contributed by atoms with van der Waals surface area (Å²) in [6.45, 7) is -0.312. The predicted molar refractivity (Wildman–Crippen MR) is 81.7 cm³/mol. The molecule has 0 aliphatic carbocycles. The Morgan fingerprint density at radius 2 is 2.00 bits per heavy atom. The summed E-state index contributed by atoms with van der Waals surface area (Å²) in [7, 11) is 2.79. The first-order valence-corrected chi connectivity index (χ1v) is 6.53. The summed E-state index contributed by atoms with van der Waals surface area (Å²) in [6, 6.07) is 0. The van der Waals surface area contributed by atoms with E-state index in [0.29, 0.717) is 11.2 Å². The fourth-order valence-corrected chi connectivity index (χ4v) is 1.77. The molecule has 3 N–H and O–H groups in total. The zero-order valence-electron chi connectivity index (χ0n) is 12.6. The fourth-order valence-electron chi connectivity index (χ4n) is 1.77. The molecule has 0 aromatic carbocycles. The minimum Gasteiger partial charge on any atom is -0.399 e. The first kappa shape index (κ1) is 16.6. The van der Waals surface area contributed by atoms with Gasteiger partial charge in [-0.25, -0.2) is 15.0 Å². The van der Waals surface area contributed by atoms with Crippen LogP contribution in [0.15, 0.2) is 23.0 Å². The second-order valence-electron chi connectivity index (χ2n) is 4.20. The van der Waals surface area contributed by atoms with Crippen molar-refractivity contribution in [2.75, 3.05) is 26.6 Å². The van der Waals surface area contributed by atoms with Crippen molar-refractivity contribution < 1.29 is 19.5 Å². The highest BCUT2D eigenvalue weighted by Crippen LogP contribution is 2.19. The smallest absolute Gasteiger partial charge is 0.177 e. The van der Waals surface area contributed by atoms with Crippen molar-refractivity contribution in [1.82, 2.24) is 19.5 Å². The zero-order valence-corrected chi connectivity index (χ0v) is 12.6. The molecule has 2 atom stereocenters. The number of anilines is 1. The molecule has 2 rings (SSSR count). The molecule has 0 aliphatic rings. The maximum absolute atomic E-state index is 9.36. The predicted octanol–water partition coefficient (Wildman–Crippen LogP) is -0.451. The zero-order chi connectivity index (χ0) is 16.7. The SMILES string of the molecule is CO/N=C/C(CO)OC(/C=N/OC)n1cnc2c(N)ncnc21. The van der Waals surface area contributed by atoms with Gasteiger partial charge < -0.3 is 25.3 Å². The minimum absolute atomic E-state index is 0.246. The number of fused-ring (bicyclic) bond motifs is 1. The molecule has 0 aliphatic heterocycles. The van der Waals surface area contributed by atoms with Gasteiger partial charge in [-0.15, -0.1) is 0 Å². The second-order valence-corrected chi connectivity index (χ2v) is 4.20. The lowest BCUT2D eigenvalue weighted by Gasteiger charge is -2.19. The molecule has 2 unspecified atom stereocenters. The summed E-state index contributed by atoms with van der Waals surface area (Å²) in [5, 5.41) is 16.6. The number of nitrogens with zero attached hydrogens (tertiary/aromatic N) is 6.